The summed E-state index contributed by atoms with van der Waals surface area (Å²) in [6.45, 7) is 6.55. The quantitative estimate of drug-likeness (QED) is 0.671. The van der Waals surface area contributed by atoms with Gasteiger partial charge in [-0.2, -0.15) is 0 Å². The van der Waals surface area contributed by atoms with Gasteiger partial charge in [-0.1, -0.05) is 0 Å². The van der Waals surface area contributed by atoms with E-state index in [0.717, 1.165) is 45.8 Å². The van der Waals surface area contributed by atoms with Gasteiger partial charge in [0.05, 0.1) is 13.2 Å². The smallest absolute Gasteiger partial charge is 0.222 e. The predicted octanol–water partition coefficient (Wildman–Crippen LogP) is -1.15. The van der Waals surface area contributed by atoms with E-state index in [0.29, 0.717) is 25.4 Å². The number of amides is 1. The molecule has 2 aliphatic heterocycles. The number of nitrogens with zero attached hydrogens (tertiary/aromatic N) is 6. The number of ether oxygens (including phenoxy) is 1. The van der Waals surface area contributed by atoms with Crippen LogP contribution in [-0.4, -0.2) is 93.6 Å². The molecule has 1 aromatic heterocycles. The van der Waals surface area contributed by atoms with E-state index in [1.807, 2.05) is 4.90 Å². The number of likely N-dealkylation sites (tertiary alicyclic amines) is 1. The van der Waals surface area contributed by atoms with E-state index < -0.39 is 0 Å². The maximum Gasteiger partial charge on any atom is 0.222 e. The van der Waals surface area contributed by atoms with Gasteiger partial charge in [0, 0.05) is 58.2 Å². The third kappa shape index (κ3) is 4.49. The molecule has 2 fully saturated rings. The lowest BCUT2D eigenvalue weighted by molar-refractivity contribution is -0.130. The molecule has 2 aliphatic rings. The lowest BCUT2D eigenvalue weighted by atomic mass is 9.96. The first kappa shape index (κ1) is 17.2. The van der Waals surface area contributed by atoms with Gasteiger partial charge in [0.2, 0.25) is 5.91 Å². The average Bonchev–Trinajstić information content (AvgIpc) is 3.25. The van der Waals surface area contributed by atoms with Crippen LogP contribution in [0.25, 0.3) is 0 Å². The SMILES string of the molecule is O=C(CCCn1cnnn1)N1C[C@@H](CO)[C@@H](CN2CCOCC2)C1. The van der Waals surface area contributed by atoms with Crippen molar-refractivity contribution in [1.29, 1.82) is 0 Å². The second-order valence-corrected chi connectivity index (χ2v) is 6.59. The van der Waals surface area contributed by atoms with Crippen LogP contribution in [0.2, 0.25) is 0 Å². The van der Waals surface area contributed by atoms with Gasteiger partial charge in [0.1, 0.15) is 6.33 Å². The van der Waals surface area contributed by atoms with Crippen molar-refractivity contribution in [2.24, 2.45) is 11.8 Å². The highest BCUT2D eigenvalue weighted by atomic mass is 16.5. The Morgan fingerprint density at radius 3 is 2.75 bits per heavy atom. The highest BCUT2D eigenvalue weighted by molar-refractivity contribution is 5.76. The lowest BCUT2D eigenvalue weighted by Crippen LogP contribution is -2.41. The first-order chi connectivity index (χ1) is 11.8. The van der Waals surface area contributed by atoms with Crippen LogP contribution in [0.15, 0.2) is 6.33 Å². The number of aliphatic hydroxyl groups is 1. The minimum Gasteiger partial charge on any atom is -0.396 e. The molecule has 0 aliphatic carbocycles. The number of aromatic nitrogens is 4. The molecule has 24 heavy (non-hydrogen) atoms. The maximum atomic E-state index is 12.4. The molecule has 0 bridgehead atoms. The monoisotopic (exact) mass is 338 g/mol. The number of aliphatic hydroxyl groups excluding tert-OH is 1. The molecule has 134 valence electrons. The summed E-state index contributed by atoms with van der Waals surface area (Å²) in [6, 6.07) is 0. The van der Waals surface area contributed by atoms with E-state index in [2.05, 4.69) is 20.4 Å². The fourth-order valence-electron chi connectivity index (χ4n) is 3.50. The largest absolute Gasteiger partial charge is 0.396 e. The number of carbonyl (C=O) groups is 1. The third-order valence-corrected chi connectivity index (χ3v) is 4.93. The molecule has 0 saturated carbocycles. The van der Waals surface area contributed by atoms with Crippen LogP contribution in [0.1, 0.15) is 12.8 Å². The Bertz CT molecular complexity index is 505. The minimum atomic E-state index is 0.142. The summed E-state index contributed by atoms with van der Waals surface area (Å²) in [5.41, 5.74) is 0. The normalized spacial score (nSPS) is 25.3. The first-order valence-corrected chi connectivity index (χ1v) is 8.65. The summed E-state index contributed by atoms with van der Waals surface area (Å²) in [6.07, 6.45) is 2.76. The summed E-state index contributed by atoms with van der Waals surface area (Å²) in [7, 11) is 0. The van der Waals surface area contributed by atoms with Crippen molar-refractivity contribution in [1.82, 2.24) is 30.0 Å². The van der Waals surface area contributed by atoms with Gasteiger partial charge < -0.3 is 14.7 Å². The van der Waals surface area contributed by atoms with Crippen molar-refractivity contribution in [3.8, 4) is 0 Å². The summed E-state index contributed by atoms with van der Waals surface area (Å²) in [4.78, 5) is 16.7. The molecule has 9 nitrogen and oxygen atoms in total. The topological polar surface area (TPSA) is 96.6 Å². The van der Waals surface area contributed by atoms with E-state index >= 15 is 0 Å². The van der Waals surface area contributed by atoms with Gasteiger partial charge in [-0.3, -0.25) is 9.69 Å². The van der Waals surface area contributed by atoms with E-state index in [4.69, 9.17) is 4.74 Å². The molecule has 9 heteroatoms. The Morgan fingerprint density at radius 1 is 1.25 bits per heavy atom. The Morgan fingerprint density at radius 2 is 2.04 bits per heavy atom. The van der Waals surface area contributed by atoms with Crippen LogP contribution in [0.4, 0.5) is 0 Å². The van der Waals surface area contributed by atoms with Crippen LogP contribution < -0.4 is 0 Å². The van der Waals surface area contributed by atoms with Crippen LogP contribution in [-0.2, 0) is 16.1 Å². The molecule has 0 radical (unpaired) electrons. The number of rotatable bonds is 7. The highest BCUT2D eigenvalue weighted by Crippen LogP contribution is 2.25. The van der Waals surface area contributed by atoms with Gasteiger partial charge in [-0.05, 0) is 22.8 Å². The van der Waals surface area contributed by atoms with E-state index in [1.54, 1.807) is 11.0 Å². The molecule has 3 rings (SSSR count). The van der Waals surface area contributed by atoms with Gasteiger partial charge >= 0.3 is 0 Å². The number of carbonyl (C=O) groups excluding carboxylic acids is 1. The number of aryl methyl sites for hydroxylation is 1. The number of hydrogen-bond donors (Lipinski definition) is 1. The number of tetrazole rings is 1. The summed E-state index contributed by atoms with van der Waals surface area (Å²) in [5, 5.41) is 20.6. The van der Waals surface area contributed by atoms with Gasteiger partial charge in [-0.25, -0.2) is 4.68 Å². The van der Waals surface area contributed by atoms with Crippen LogP contribution in [0, 0.1) is 11.8 Å². The minimum absolute atomic E-state index is 0.142. The zero-order valence-electron chi connectivity index (χ0n) is 14.0. The summed E-state index contributed by atoms with van der Waals surface area (Å²) >= 11 is 0. The van der Waals surface area contributed by atoms with Crippen molar-refractivity contribution < 1.29 is 14.6 Å². The standard InChI is InChI=1S/C15H26N6O3/c22-11-14-10-20(9-13(14)8-19-4-6-24-7-5-19)15(23)2-1-3-21-12-16-17-18-21/h12-14,22H,1-11H2/t13-,14-/m0/s1. The Hall–Kier alpha value is -1.58. The molecule has 1 amide bonds. The second-order valence-electron chi connectivity index (χ2n) is 6.59. The van der Waals surface area contributed by atoms with Crippen molar-refractivity contribution in [2.45, 2.75) is 19.4 Å². The highest BCUT2D eigenvalue weighted by Gasteiger charge is 2.35. The molecule has 0 aromatic carbocycles. The zero-order valence-corrected chi connectivity index (χ0v) is 14.0. The third-order valence-electron chi connectivity index (χ3n) is 4.93. The molecule has 0 spiro atoms. The van der Waals surface area contributed by atoms with Crippen LogP contribution >= 0.6 is 0 Å². The zero-order chi connectivity index (χ0) is 16.8. The maximum absolute atomic E-state index is 12.4. The number of hydrogen-bond acceptors (Lipinski definition) is 7. The summed E-state index contributed by atoms with van der Waals surface area (Å²) < 4.78 is 7.01. The molecule has 1 N–H and O–H groups in total. The van der Waals surface area contributed by atoms with Crippen molar-refractivity contribution in [2.75, 3.05) is 52.5 Å². The fourth-order valence-corrected chi connectivity index (χ4v) is 3.50. The predicted molar refractivity (Wildman–Crippen MR) is 85.0 cm³/mol. The number of morpholine rings is 1. The molecule has 2 saturated heterocycles. The van der Waals surface area contributed by atoms with Crippen LogP contribution in [0.5, 0.6) is 0 Å². The molecular formula is C15H26N6O3. The molecular weight excluding hydrogens is 312 g/mol. The van der Waals surface area contributed by atoms with Gasteiger partial charge in [0.15, 0.2) is 0 Å². The second kappa shape index (κ2) is 8.50. The molecule has 2 atom stereocenters. The van der Waals surface area contributed by atoms with Crippen molar-refractivity contribution in [3.63, 3.8) is 0 Å². The van der Waals surface area contributed by atoms with E-state index in [9.17, 15) is 9.90 Å². The Balaban J connectivity index is 1.44. The van der Waals surface area contributed by atoms with Gasteiger partial charge in [-0.15, -0.1) is 5.10 Å². The Labute approximate surface area is 141 Å². The van der Waals surface area contributed by atoms with E-state index in [-0.39, 0.29) is 18.4 Å². The Kier molecular flexibility index (Phi) is 6.11. The van der Waals surface area contributed by atoms with Crippen LogP contribution in [0.3, 0.4) is 0 Å². The van der Waals surface area contributed by atoms with Gasteiger partial charge in [0.25, 0.3) is 0 Å². The molecule has 3 heterocycles. The summed E-state index contributed by atoms with van der Waals surface area (Å²) in [5.74, 6) is 0.680. The lowest BCUT2D eigenvalue weighted by Gasteiger charge is -2.30. The molecule has 1 aromatic rings. The molecule has 0 unspecified atom stereocenters. The van der Waals surface area contributed by atoms with Crippen molar-refractivity contribution >= 4 is 5.91 Å². The first-order valence-electron chi connectivity index (χ1n) is 8.65. The van der Waals surface area contributed by atoms with E-state index in [1.165, 1.54) is 0 Å². The fraction of sp³-hybridized carbons (Fsp3) is 0.867. The average molecular weight is 338 g/mol. The van der Waals surface area contributed by atoms with Crippen molar-refractivity contribution in [3.05, 3.63) is 6.33 Å².